The lowest BCUT2D eigenvalue weighted by atomic mass is 10.2. The molecule has 84 valence electrons. The Morgan fingerprint density at radius 2 is 2.00 bits per heavy atom. The van der Waals surface area contributed by atoms with Crippen LogP contribution in [0.3, 0.4) is 0 Å². The predicted molar refractivity (Wildman–Crippen MR) is 55.2 cm³/mol. The van der Waals surface area contributed by atoms with Gasteiger partial charge in [-0.25, -0.2) is 0 Å². The SMILES string of the molecule is COCC(C)NCC(=O)OC(C)(C)C. The second-order valence-electron chi connectivity index (χ2n) is 4.32. The first-order valence-electron chi connectivity index (χ1n) is 4.79. The molecule has 0 radical (unpaired) electrons. The summed E-state index contributed by atoms with van der Waals surface area (Å²) in [5.74, 6) is -0.236. The molecule has 0 aliphatic carbocycles. The lowest BCUT2D eigenvalue weighted by molar-refractivity contribution is -0.153. The van der Waals surface area contributed by atoms with Crippen molar-refractivity contribution >= 4 is 5.97 Å². The van der Waals surface area contributed by atoms with Gasteiger partial charge in [-0.2, -0.15) is 0 Å². The molecular weight excluding hydrogens is 182 g/mol. The van der Waals surface area contributed by atoms with E-state index in [1.807, 2.05) is 27.7 Å². The third kappa shape index (κ3) is 8.01. The van der Waals surface area contributed by atoms with E-state index in [9.17, 15) is 4.79 Å². The molecular formula is C10H21NO3. The van der Waals surface area contributed by atoms with Crippen molar-refractivity contribution in [3.05, 3.63) is 0 Å². The first-order chi connectivity index (χ1) is 6.35. The third-order valence-electron chi connectivity index (χ3n) is 1.43. The Balaban J connectivity index is 3.64. The van der Waals surface area contributed by atoms with E-state index < -0.39 is 5.60 Å². The first kappa shape index (κ1) is 13.4. The fourth-order valence-electron chi connectivity index (χ4n) is 0.944. The second-order valence-corrected chi connectivity index (χ2v) is 4.32. The van der Waals surface area contributed by atoms with Gasteiger partial charge in [-0.1, -0.05) is 0 Å². The van der Waals surface area contributed by atoms with Crippen LogP contribution >= 0.6 is 0 Å². The van der Waals surface area contributed by atoms with E-state index in [0.29, 0.717) is 6.61 Å². The molecule has 0 aromatic carbocycles. The van der Waals surface area contributed by atoms with Gasteiger partial charge in [0.05, 0.1) is 13.2 Å². The van der Waals surface area contributed by atoms with Gasteiger partial charge in [0, 0.05) is 13.2 Å². The molecule has 0 saturated carbocycles. The minimum Gasteiger partial charge on any atom is -0.459 e. The van der Waals surface area contributed by atoms with Crippen LogP contribution in [-0.4, -0.2) is 37.9 Å². The highest BCUT2D eigenvalue weighted by molar-refractivity contribution is 5.72. The van der Waals surface area contributed by atoms with Crippen LogP contribution in [0.1, 0.15) is 27.7 Å². The highest BCUT2D eigenvalue weighted by atomic mass is 16.6. The van der Waals surface area contributed by atoms with Gasteiger partial charge >= 0.3 is 5.97 Å². The monoisotopic (exact) mass is 203 g/mol. The van der Waals surface area contributed by atoms with Gasteiger partial charge in [0.2, 0.25) is 0 Å². The van der Waals surface area contributed by atoms with Crippen molar-refractivity contribution in [2.75, 3.05) is 20.3 Å². The Bertz CT molecular complexity index is 175. The first-order valence-corrected chi connectivity index (χ1v) is 4.79. The number of esters is 1. The zero-order chi connectivity index (χ0) is 11.2. The average molecular weight is 203 g/mol. The van der Waals surface area contributed by atoms with E-state index in [1.165, 1.54) is 0 Å². The Morgan fingerprint density at radius 3 is 2.43 bits per heavy atom. The summed E-state index contributed by atoms with van der Waals surface area (Å²) in [6, 6.07) is 0.160. The molecule has 0 amide bonds. The molecule has 1 N–H and O–H groups in total. The van der Waals surface area contributed by atoms with E-state index in [2.05, 4.69) is 5.32 Å². The Morgan fingerprint density at radius 1 is 1.43 bits per heavy atom. The highest BCUT2D eigenvalue weighted by Crippen LogP contribution is 2.06. The Kier molecular flexibility index (Phi) is 5.72. The van der Waals surface area contributed by atoms with Crippen molar-refractivity contribution in [1.82, 2.24) is 5.32 Å². The molecule has 0 bridgehead atoms. The van der Waals surface area contributed by atoms with Crippen LogP contribution < -0.4 is 5.32 Å². The summed E-state index contributed by atoms with van der Waals surface area (Å²) in [7, 11) is 1.63. The van der Waals surface area contributed by atoms with E-state index in [0.717, 1.165) is 0 Å². The molecule has 0 aromatic heterocycles. The molecule has 1 atom stereocenters. The van der Waals surface area contributed by atoms with Gasteiger partial charge in [0.1, 0.15) is 5.60 Å². The minimum absolute atomic E-state index is 0.160. The van der Waals surface area contributed by atoms with Crippen molar-refractivity contribution in [1.29, 1.82) is 0 Å². The molecule has 0 heterocycles. The predicted octanol–water partition coefficient (Wildman–Crippen LogP) is 0.953. The molecule has 0 aromatic rings. The van der Waals surface area contributed by atoms with Crippen LogP contribution in [0.5, 0.6) is 0 Å². The quantitative estimate of drug-likeness (QED) is 0.676. The van der Waals surface area contributed by atoms with Gasteiger partial charge in [0.15, 0.2) is 0 Å². The summed E-state index contributed by atoms with van der Waals surface area (Å²) < 4.78 is 10.0. The fraction of sp³-hybridized carbons (Fsp3) is 0.900. The average Bonchev–Trinajstić information content (AvgIpc) is 1.98. The Labute approximate surface area is 86.0 Å². The molecule has 0 aliphatic heterocycles. The summed E-state index contributed by atoms with van der Waals surface area (Å²) in [4.78, 5) is 11.2. The maximum Gasteiger partial charge on any atom is 0.320 e. The van der Waals surface area contributed by atoms with Crippen molar-refractivity contribution in [2.24, 2.45) is 0 Å². The van der Waals surface area contributed by atoms with Gasteiger partial charge in [-0.05, 0) is 27.7 Å². The fourth-order valence-corrected chi connectivity index (χ4v) is 0.944. The zero-order valence-corrected chi connectivity index (χ0v) is 9.72. The van der Waals surface area contributed by atoms with Crippen molar-refractivity contribution in [3.63, 3.8) is 0 Å². The van der Waals surface area contributed by atoms with Crippen LogP contribution in [0.4, 0.5) is 0 Å². The molecule has 0 saturated heterocycles. The number of ether oxygens (including phenoxy) is 2. The van der Waals surface area contributed by atoms with Crippen LogP contribution in [0.15, 0.2) is 0 Å². The molecule has 0 fully saturated rings. The zero-order valence-electron chi connectivity index (χ0n) is 9.72. The van der Waals surface area contributed by atoms with E-state index in [1.54, 1.807) is 7.11 Å². The van der Waals surface area contributed by atoms with Crippen molar-refractivity contribution in [3.8, 4) is 0 Å². The lowest BCUT2D eigenvalue weighted by Gasteiger charge is -2.20. The number of rotatable bonds is 5. The van der Waals surface area contributed by atoms with Crippen LogP contribution in [0.25, 0.3) is 0 Å². The maximum absolute atomic E-state index is 11.2. The summed E-state index contributed by atoms with van der Waals surface area (Å²) in [6.45, 7) is 8.31. The number of hydrogen-bond donors (Lipinski definition) is 1. The maximum atomic E-state index is 11.2. The minimum atomic E-state index is -0.413. The van der Waals surface area contributed by atoms with Gasteiger partial charge in [-0.15, -0.1) is 0 Å². The smallest absolute Gasteiger partial charge is 0.320 e. The van der Waals surface area contributed by atoms with Crippen LogP contribution in [0, 0.1) is 0 Å². The number of nitrogens with one attached hydrogen (secondary N) is 1. The van der Waals surface area contributed by atoms with E-state index in [-0.39, 0.29) is 18.6 Å². The topological polar surface area (TPSA) is 47.6 Å². The Hall–Kier alpha value is -0.610. The summed E-state index contributed by atoms with van der Waals surface area (Å²) in [5.41, 5.74) is -0.413. The van der Waals surface area contributed by atoms with Crippen molar-refractivity contribution < 1.29 is 14.3 Å². The molecule has 14 heavy (non-hydrogen) atoms. The van der Waals surface area contributed by atoms with Gasteiger partial charge in [0.25, 0.3) is 0 Å². The van der Waals surface area contributed by atoms with Gasteiger partial charge in [-0.3, -0.25) is 4.79 Å². The number of hydrogen-bond acceptors (Lipinski definition) is 4. The summed E-state index contributed by atoms with van der Waals surface area (Å²) >= 11 is 0. The molecule has 1 unspecified atom stereocenters. The van der Waals surface area contributed by atoms with Gasteiger partial charge < -0.3 is 14.8 Å². The number of methoxy groups -OCH3 is 1. The second kappa shape index (κ2) is 5.98. The lowest BCUT2D eigenvalue weighted by Crippen LogP contribution is -2.37. The highest BCUT2D eigenvalue weighted by Gasteiger charge is 2.16. The van der Waals surface area contributed by atoms with Crippen LogP contribution in [0.2, 0.25) is 0 Å². The van der Waals surface area contributed by atoms with E-state index in [4.69, 9.17) is 9.47 Å². The largest absolute Gasteiger partial charge is 0.459 e. The van der Waals surface area contributed by atoms with Crippen molar-refractivity contribution in [2.45, 2.75) is 39.3 Å². The number of carbonyl (C=O) groups excluding carboxylic acids is 1. The standard InChI is InChI=1S/C10H21NO3/c1-8(7-13-5)11-6-9(12)14-10(2,3)4/h8,11H,6-7H2,1-5H3. The third-order valence-corrected chi connectivity index (χ3v) is 1.43. The normalized spacial score (nSPS) is 13.8. The molecule has 4 nitrogen and oxygen atoms in total. The molecule has 0 rings (SSSR count). The summed E-state index contributed by atoms with van der Waals surface area (Å²) in [5, 5.41) is 3.01. The number of carbonyl (C=O) groups is 1. The molecule has 0 aliphatic rings. The van der Waals surface area contributed by atoms with E-state index >= 15 is 0 Å². The van der Waals surface area contributed by atoms with Crippen LogP contribution in [-0.2, 0) is 14.3 Å². The summed E-state index contributed by atoms with van der Waals surface area (Å²) in [6.07, 6.45) is 0. The molecule has 0 spiro atoms. The molecule has 4 heteroatoms.